The summed E-state index contributed by atoms with van der Waals surface area (Å²) in [4.78, 5) is 8.66. The van der Waals surface area contributed by atoms with Crippen molar-refractivity contribution in [1.29, 1.82) is 0 Å². The molecule has 0 aliphatic carbocycles. The summed E-state index contributed by atoms with van der Waals surface area (Å²) in [5, 5.41) is 4.65. The van der Waals surface area contributed by atoms with Crippen LogP contribution >= 0.6 is 11.8 Å². The van der Waals surface area contributed by atoms with Crippen LogP contribution in [0.25, 0.3) is 0 Å². The van der Waals surface area contributed by atoms with E-state index >= 15 is 0 Å². The molecule has 3 rings (SSSR count). The van der Waals surface area contributed by atoms with Gasteiger partial charge in [0, 0.05) is 18.1 Å². The predicted molar refractivity (Wildman–Crippen MR) is 94.4 cm³/mol. The minimum Gasteiger partial charge on any atom is -0.360 e. The zero-order valence-corrected chi connectivity index (χ0v) is 13.4. The quantitative estimate of drug-likeness (QED) is 0.832. The lowest BCUT2D eigenvalue weighted by Gasteiger charge is -2.11. The number of aliphatic imine (C=N–C) groups is 1. The first-order valence-electron chi connectivity index (χ1n) is 7.77. The monoisotopic (exact) mass is 311 g/mol. The topological polar surface area (TPSA) is 37.3 Å². The van der Waals surface area contributed by atoms with Gasteiger partial charge in [-0.25, -0.2) is 0 Å². The molecule has 1 aromatic heterocycles. The molecule has 0 fully saturated rings. The van der Waals surface area contributed by atoms with Gasteiger partial charge in [0.25, 0.3) is 0 Å². The maximum atomic E-state index is 4.62. The van der Waals surface area contributed by atoms with E-state index in [4.69, 9.17) is 0 Å². The molecule has 114 valence electrons. The van der Waals surface area contributed by atoms with Gasteiger partial charge in [-0.3, -0.25) is 9.98 Å². The van der Waals surface area contributed by atoms with Crippen molar-refractivity contribution in [3.8, 4) is 0 Å². The lowest BCUT2D eigenvalue weighted by molar-refractivity contribution is 0.656. The first kappa shape index (κ1) is 15.1. The molecule has 0 radical (unpaired) electrons. The summed E-state index contributed by atoms with van der Waals surface area (Å²) < 4.78 is 0. The predicted octanol–water partition coefficient (Wildman–Crippen LogP) is 3.32. The third kappa shape index (κ3) is 4.60. The molecule has 3 nitrogen and oxygen atoms in total. The normalized spacial score (nSPS) is 17.1. The Hall–Kier alpha value is -1.81. The number of aromatic nitrogens is 1. The molecule has 0 bridgehead atoms. The van der Waals surface area contributed by atoms with Gasteiger partial charge in [-0.2, -0.15) is 0 Å². The summed E-state index contributed by atoms with van der Waals surface area (Å²) in [7, 11) is 0. The maximum absolute atomic E-state index is 4.62. The minimum atomic E-state index is 0.449. The lowest BCUT2D eigenvalue weighted by atomic mass is 10.1. The Kier molecular flexibility index (Phi) is 5.48. The van der Waals surface area contributed by atoms with Gasteiger partial charge in [0.05, 0.1) is 12.6 Å². The molecule has 22 heavy (non-hydrogen) atoms. The van der Waals surface area contributed by atoms with Gasteiger partial charge in [0.1, 0.15) is 0 Å². The summed E-state index contributed by atoms with van der Waals surface area (Å²) in [6.07, 6.45) is 7.04. The Balaban J connectivity index is 1.35. The largest absolute Gasteiger partial charge is 0.360 e. The fourth-order valence-corrected chi connectivity index (χ4v) is 3.45. The third-order valence-corrected chi connectivity index (χ3v) is 4.72. The van der Waals surface area contributed by atoms with E-state index in [1.807, 2.05) is 24.2 Å². The van der Waals surface area contributed by atoms with E-state index < -0.39 is 0 Å². The highest BCUT2D eigenvalue weighted by molar-refractivity contribution is 8.13. The van der Waals surface area contributed by atoms with Crippen LogP contribution in [0, 0.1) is 0 Å². The number of nitrogens with zero attached hydrogens (tertiary/aromatic N) is 2. The van der Waals surface area contributed by atoms with Crippen LogP contribution in [0.3, 0.4) is 0 Å². The van der Waals surface area contributed by atoms with Crippen molar-refractivity contribution in [3.63, 3.8) is 0 Å². The van der Waals surface area contributed by atoms with Gasteiger partial charge < -0.3 is 5.32 Å². The third-order valence-electron chi connectivity index (χ3n) is 3.71. The van der Waals surface area contributed by atoms with Crippen molar-refractivity contribution in [1.82, 2.24) is 10.3 Å². The lowest BCUT2D eigenvalue weighted by Crippen LogP contribution is -2.30. The minimum absolute atomic E-state index is 0.449. The first-order valence-corrected chi connectivity index (χ1v) is 8.75. The van der Waals surface area contributed by atoms with Crippen molar-refractivity contribution in [3.05, 3.63) is 66.0 Å². The van der Waals surface area contributed by atoms with E-state index in [9.17, 15) is 0 Å². The molecular weight excluding hydrogens is 290 g/mol. The molecule has 0 spiro atoms. The second-order valence-electron chi connectivity index (χ2n) is 5.48. The smallest absolute Gasteiger partial charge is 0.156 e. The van der Waals surface area contributed by atoms with E-state index in [1.54, 1.807) is 0 Å². The van der Waals surface area contributed by atoms with Crippen LogP contribution in [0.1, 0.15) is 17.5 Å². The van der Waals surface area contributed by atoms with Crippen LogP contribution in [0.5, 0.6) is 0 Å². The second kappa shape index (κ2) is 7.99. The highest BCUT2D eigenvalue weighted by Gasteiger charge is 2.17. The van der Waals surface area contributed by atoms with E-state index in [1.165, 1.54) is 17.5 Å². The number of hydrogen-bond acceptors (Lipinski definition) is 4. The summed E-state index contributed by atoms with van der Waals surface area (Å²) >= 11 is 1.84. The standard InChI is InChI=1S/C18H21N3S/c1-2-5-16(6-3-1)13-17-14-20-18(21-17)22-12-4-7-15-8-10-19-11-9-15/h1-3,5-6,8-11,17H,4,7,12-14H2,(H,20,21). The molecule has 0 saturated heterocycles. The summed E-state index contributed by atoms with van der Waals surface area (Å²) in [5.74, 6) is 1.10. The number of rotatable bonds is 6. The van der Waals surface area contributed by atoms with Crippen molar-refractivity contribution in [2.24, 2.45) is 4.99 Å². The molecule has 1 aliphatic heterocycles. The maximum Gasteiger partial charge on any atom is 0.156 e. The number of hydrogen-bond donors (Lipinski definition) is 1. The van der Waals surface area contributed by atoms with Crippen LogP contribution in [-0.4, -0.2) is 28.5 Å². The zero-order valence-electron chi connectivity index (χ0n) is 12.6. The molecule has 0 saturated carbocycles. The molecule has 1 unspecified atom stereocenters. The van der Waals surface area contributed by atoms with Gasteiger partial charge >= 0.3 is 0 Å². The fourth-order valence-electron chi connectivity index (χ4n) is 2.56. The van der Waals surface area contributed by atoms with Crippen LogP contribution in [-0.2, 0) is 12.8 Å². The molecule has 0 amide bonds. The fraction of sp³-hybridized carbons (Fsp3) is 0.333. The van der Waals surface area contributed by atoms with Crippen LogP contribution in [0.2, 0.25) is 0 Å². The molecule has 1 aromatic carbocycles. The highest BCUT2D eigenvalue weighted by atomic mass is 32.2. The van der Waals surface area contributed by atoms with Gasteiger partial charge in [-0.15, -0.1) is 0 Å². The second-order valence-corrected chi connectivity index (χ2v) is 6.57. The van der Waals surface area contributed by atoms with Crippen LogP contribution in [0.15, 0.2) is 59.9 Å². The average molecular weight is 311 g/mol. The van der Waals surface area contributed by atoms with Crippen molar-refractivity contribution >= 4 is 16.9 Å². The van der Waals surface area contributed by atoms with Gasteiger partial charge in [-0.1, -0.05) is 42.1 Å². The number of nitrogens with one attached hydrogen (secondary N) is 1. The van der Waals surface area contributed by atoms with E-state index in [-0.39, 0.29) is 0 Å². The highest BCUT2D eigenvalue weighted by Crippen LogP contribution is 2.14. The Bertz CT molecular complexity index is 598. The van der Waals surface area contributed by atoms with Gasteiger partial charge in [0.2, 0.25) is 0 Å². The van der Waals surface area contributed by atoms with Crippen LogP contribution < -0.4 is 5.32 Å². The molecule has 2 heterocycles. The van der Waals surface area contributed by atoms with Gasteiger partial charge in [-0.05, 0) is 42.5 Å². The van der Waals surface area contributed by atoms with Crippen molar-refractivity contribution in [2.75, 3.05) is 12.3 Å². The van der Waals surface area contributed by atoms with E-state index in [0.717, 1.165) is 30.3 Å². The molecule has 4 heteroatoms. The van der Waals surface area contributed by atoms with Gasteiger partial charge in [0.15, 0.2) is 5.17 Å². The van der Waals surface area contributed by atoms with Crippen molar-refractivity contribution in [2.45, 2.75) is 25.3 Å². The number of pyridine rings is 1. The Morgan fingerprint density at radius 3 is 2.68 bits per heavy atom. The number of benzene rings is 1. The SMILES string of the molecule is c1ccc(CC2CN=C(SCCCc3ccncc3)N2)cc1. The molecule has 1 N–H and O–H groups in total. The number of amidine groups is 1. The average Bonchev–Trinajstić information content (AvgIpc) is 3.01. The molecular formula is C18H21N3S. The Morgan fingerprint density at radius 1 is 1.05 bits per heavy atom. The summed E-state index contributed by atoms with van der Waals surface area (Å²) in [5.41, 5.74) is 2.73. The zero-order chi connectivity index (χ0) is 15.0. The summed E-state index contributed by atoms with van der Waals surface area (Å²) in [6.45, 7) is 0.890. The Labute approximate surface area is 136 Å². The first-order chi connectivity index (χ1) is 10.9. The molecule has 2 aromatic rings. The molecule has 1 aliphatic rings. The van der Waals surface area contributed by atoms with Crippen LogP contribution in [0.4, 0.5) is 0 Å². The molecule has 1 atom stereocenters. The van der Waals surface area contributed by atoms with E-state index in [2.05, 4.69) is 57.8 Å². The Morgan fingerprint density at radius 2 is 1.86 bits per heavy atom. The number of thioether (sulfide) groups is 1. The number of aryl methyl sites for hydroxylation is 1. The van der Waals surface area contributed by atoms with Crippen molar-refractivity contribution < 1.29 is 0 Å². The summed E-state index contributed by atoms with van der Waals surface area (Å²) in [6, 6.07) is 15.2. The van der Waals surface area contributed by atoms with E-state index in [0.29, 0.717) is 6.04 Å².